The summed E-state index contributed by atoms with van der Waals surface area (Å²) in [6, 6.07) is 3.93. The van der Waals surface area contributed by atoms with Crippen molar-refractivity contribution in [1.29, 1.82) is 0 Å². The maximum atomic E-state index is 11.8. The summed E-state index contributed by atoms with van der Waals surface area (Å²) in [5.41, 5.74) is 0.411. The minimum absolute atomic E-state index is 0.286. The molecule has 1 aromatic heterocycles. The molecule has 1 aliphatic heterocycles. The Labute approximate surface area is 142 Å². The lowest BCUT2D eigenvalue weighted by molar-refractivity contribution is 0.0491. The smallest absolute Gasteiger partial charge is 0.407 e. The van der Waals surface area contributed by atoms with E-state index in [1.165, 1.54) is 6.42 Å². The first-order valence-corrected chi connectivity index (χ1v) is 8.40. The third-order valence-corrected chi connectivity index (χ3v) is 3.88. The number of ether oxygens (including phenoxy) is 1. The zero-order valence-electron chi connectivity index (χ0n) is 14.0. The highest BCUT2D eigenvalue weighted by Gasteiger charge is 2.24. The molecule has 2 rings (SSSR count). The summed E-state index contributed by atoms with van der Waals surface area (Å²) in [7, 11) is 0. The summed E-state index contributed by atoms with van der Waals surface area (Å²) in [4.78, 5) is 14.1. The molecule has 2 heterocycles. The minimum Gasteiger partial charge on any atom is -0.444 e. The highest BCUT2D eigenvalue weighted by Crippen LogP contribution is 2.19. The van der Waals surface area contributed by atoms with Crippen LogP contribution in [-0.2, 0) is 11.3 Å². The number of likely N-dealkylation sites (tertiary alicyclic amines) is 1. The van der Waals surface area contributed by atoms with Crippen LogP contribution in [0.2, 0.25) is 5.15 Å². The molecule has 1 saturated heterocycles. The van der Waals surface area contributed by atoms with Crippen LogP contribution in [0.5, 0.6) is 0 Å². The molecule has 0 saturated carbocycles. The predicted octanol–water partition coefficient (Wildman–Crippen LogP) is 3.01. The molecule has 23 heavy (non-hydrogen) atoms. The van der Waals surface area contributed by atoms with Crippen molar-refractivity contribution in [3.8, 4) is 0 Å². The molecule has 6 nitrogen and oxygen atoms in total. The SMILES string of the molecule is CC(C)(C)OC(=O)NC[C@@H]1CCCCN1Cc1ccc(Cl)nn1. The molecular formula is C16H25ClN4O2. The lowest BCUT2D eigenvalue weighted by atomic mass is 10.0. The van der Waals surface area contributed by atoms with Gasteiger partial charge in [-0.25, -0.2) is 4.79 Å². The van der Waals surface area contributed by atoms with Crippen molar-refractivity contribution in [3.63, 3.8) is 0 Å². The molecule has 0 aliphatic carbocycles. The van der Waals surface area contributed by atoms with Crippen LogP contribution in [0, 0.1) is 0 Å². The first kappa shape index (κ1) is 17.9. The van der Waals surface area contributed by atoms with Crippen molar-refractivity contribution >= 4 is 17.7 Å². The van der Waals surface area contributed by atoms with E-state index in [2.05, 4.69) is 20.4 Å². The van der Waals surface area contributed by atoms with Gasteiger partial charge >= 0.3 is 6.09 Å². The highest BCUT2D eigenvalue weighted by molar-refractivity contribution is 6.29. The van der Waals surface area contributed by atoms with Crippen LogP contribution in [0.1, 0.15) is 45.7 Å². The molecule has 0 spiro atoms. The van der Waals surface area contributed by atoms with Crippen molar-refractivity contribution in [3.05, 3.63) is 23.0 Å². The average Bonchev–Trinajstić information content (AvgIpc) is 2.47. The number of carbonyl (C=O) groups is 1. The number of hydrogen-bond acceptors (Lipinski definition) is 5. The Balaban J connectivity index is 1.88. The van der Waals surface area contributed by atoms with Gasteiger partial charge in [0, 0.05) is 19.1 Å². The van der Waals surface area contributed by atoms with Gasteiger partial charge in [-0.2, -0.15) is 5.10 Å². The maximum Gasteiger partial charge on any atom is 0.407 e. The topological polar surface area (TPSA) is 67.3 Å². The molecule has 1 aliphatic rings. The van der Waals surface area contributed by atoms with Gasteiger partial charge < -0.3 is 10.1 Å². The molecular weight excluding hydrogens is 316 g/mol. The van der Waals surface area contributed by atoms with Gasteiger partial charge in [-0.15, -0.1) is 5.10 Å². The standard InChI is InChI=1S/C16H25ClN4O2/c1-16(2,3)23-15(22)18-10-13-6-4-5-9-21(13)11-12-7-8-14(17)20-19-12/h7-8,13H,4-6,9-11H2,1-3H3,(H,18,22)/t13-/m0/s1. The van der Waals surface area contributed by atoms with Crippen molar-refractivity contribution in [2.75, 3.05) is 13.1 Å². The second kappa shape index (κ2) is 7.93. The number of piperidine rings is 1. The molecule has 0 bridgehead atoms. The van der Waals surface area contributed by atoms with Crippen molar-refractivity contribution in [1.82, 2.24) is 20.4 Å². The molecule has 0 aromatic carbocycles. The fraction of sp³-hybridized carbons (Fsp3) is 0.688. The van der Waals surface area contributed by atoms with E-state index < -0.39 is 5.60 Å². The van der Waals surface area contributed by atoms with Gasteiger partial charge in [0.05, 0.1) is 5.69 Å². The Bertz CT molecular complexity index is 516. The van der Waals surface area contributed by atoms with Crippen LogP contribution < -0.4 is 5.32 Å². The molecule has 1 atom stereocenters. The summed E-state index contributed by atoms with van der Waals surface area (Å²) in [6.45, 7) is 7.86. The van der Waals surface area contributed by atoms with Crippen molar-refractivity contribution in [2.24, 2.45) is 0 Å². The molecule has 128 valence electrons. The van der Waals surface area contributed by atoms with E-state index >= 15 is 0 Å². The molecule has 0 unspecified atom stereocenters. The second-order valence-corrected chi connectivity index (χ2v) is 7.24. The number of nitrogens with one attached hydrogen (secondary N) is 1. The van der Waals surface area contributed by atoms with Crippen molar-refractivity contribution in [2.45, 2.75) is 58.2 Å². The summed E-state index contributed by atoms with van der Waals surface area (Å²) >= 11 is 5.77. The second-order valence-electron chi connectivity index (χ2n) is 6.85. The molecule has 1 amide bonds. The predicted molar refractivity (Wildman–Crippen MR) is 89.3 cm³/mol. The van der Waals surface area contributed by atoms with Crippen LogP contribution >= 0.6 is 11.6 Å². The largest absolute Gasteiger partial charge is 0.444 e. The van der Waals surface area contributed by atoms with E-state index in [4.69, 9.17) is 16.3 Å². The zero-order valence-corrected chi connectivity index (χ0v) is 14.8. The highest BCUT2D eigenvalue weighted by atomic mass is 35.5. The van der Waals surface area contributed by atoms with Gasteiger partial charge in [0.25, 0.3) is 0 Å². The van der Waals surface area contributed by atoms with Crippen LogP contribution in [0.15, 0.2) is 12.1 Å². The summed E-state index contributed by atoms with van der Waals surface area (Å²) in [5, 5.41) is 11.3. The lowest BCUT2D eigenvalue weighted by Gasteiger charge is -2.35. The monoisotopic (exact) mass is 340 g/mol. The van der Waals surface area contributed by atoms with E-state index in [-0.39, 0.29) is 12.1 Å². The number of aromatic nitrogens is 2. The van der Waals surface area contributed by atoms with Gasteiger partial charge in [0.15, 0.2) is 5.15 Å². The van der Waals surface area contributed by atoms with E-state index in [9.17, 15) is 4.79 Å². The number of nitrogens with zero attached hydrogens (tertiary/aromatic N) is 3. The lowest BCUT2D eigenvalue weighted by Crippen LogP contribution is -2.47. The Hall–Kier alpha value is -1.40. The number of carbonyl (C=O) groups excluding carboxylic acids is 1. The van der Waals surface area contributed by atoms with E-state index in [1.807, 2.05) is 26.8 Å². The van der Waals surface area contributed by atoms with Crippen LogP contribution in [0.4, 0.5) is 4.79 Å². The van der Waals surface area contributed by atoms with Gasteiger partial charge in [0.2, 0.25) is 0 Å². The minimum atomic E-state index is -0.477. The van der Waals surface area contributed by atoms with Crippen LogP contribution in [-0.4, -0.2) is 45.9 Å². The Kier molecular flexibility index (Phi) is 6.18. The first-order chi connectivity index (χ1) is 10.8. The first-order valence-electron chi connectivity index (χ1n) is 8.02. The fourth-order valence-corrected chi connectivity index (χ4v) is 2.75. The normalized spacial score (nSPS) is 19.4. The molecule has 1 aromatic rings. The summed E-state index contributed by atoms with van der Waals surface area (Å²) in [6.07, 6.45) is 3.01. The van der Waals surface area contributed by atoms with Gasteiger partial charge in [-0.1, -0.05) is 18.0 Å². The zero-order chi connectivity index (χ0) is 16.9. The quantitative estimate of drug-likeness (QED) is 0.912. The molecule has 0 radical (unpaired) electrons. The van der Waals surface area contributed by atoms with Crippen molar-refractivity contribution < 1.29 is 9.53 Å². The number of rotatable bonds is 4. The number of amides is 1. The Morgan fingerprint density at radius 2 is 2.17 bits per heavy atom. The number of halogens is 1. The van der Waals surface area contributed by atoms with Gasteiger partial charge in [-0.3, -0.25) is 4.90 Å². The maximum absolute atomic E-state index is 11.8. The molecule has 1 N–H and O–H groups in total. The third-order valence-electron chi connectivity index (χ3n) is 3.68. The van der Waals surface area contributed by atoms with E-state index in [1.54, 1.807) is 6.07 Å². The van der Waals surface area contributed by atoms with Crippen LogP contribution in [0.3, 0.4) is 0 Å². The molecule has 7 heteroatoms. The average molecular weight is 341 g/mol. The summed E-state index contributed by atoms with van der Waals surface area (Å²) < 4.78 is 5.29. The van der Waals surface area contributed by atoms with E-state index in [0.29, 0.717) is 18.2 Å². The Morgan fingerprint density at radius 1 is 1.39 bits per heavy atom. The summed E-state index contributed by atoms with van der Waals surface area (Å²) in [5.74, 6) is 0. The van der Waals surface area contributed by atoms with Crippen LogP contribution in [0.25, 0.3) is 0 Å². The van der Waals surface area contributed by atoms with Gasteiger partial charge in [0.1, 0.15) is 5.60 Å². The Morgan fingerprint density at radius 3 is 2.83 bits per heavy atom. The van der Waals surface area contributed by atoms with Gasteiger partial charge in [-0.05, 0) is 52.3 Å². The fourth-order valence-electron chi connectivity index (χ4n) is 2.65. The third kappa shape index (κ3) is 6.31. The van der Waals surface area contributed by atoms with E-state index in [0.717, 1.165) is 25.1 Å². The molecule has 1 fully saturated rings. The number of hydrogen-bond donors (Lipinski definition) is 1. The number of alkyl carbamates (subject to hydrolysis) is 1.